The van der Waals surface area contributed by atoms with Gasteiger partial charge in [-0.15, -0.1) is 0 Å². The number of rotatable bonds is 4. The molecular weight excluding hydrogens is 320 g/mol. The van der Waals surface area contributed by atoms with Gasteiger partial charge in [-0.05, 0) is 37.8 Å². The molecule has 1 N–H and O–H groups in total. The van der Waals surface area contributed by atoms with E-state index in [0.29, 0.717) is 44.0 Å². The van der Waals surface area contributed by atoms with Crippen molar-refractivity contribution in [3.63, 3.8) is 0 Å². The summed E-state index contributed by atoms with van der Waals surface area (Å²) in [5, 5.41) is 2.48. The number of pyridine rings is 1. The summed E-state index contributed by atoms with van der Waals surface area (Å²) in [5.41, 5.74) is -0.155. The van der Waals surface area contributed by atoms with Gasteiger partial charge in [0.15, 0.2) is 5.78 Å². The Balaban J connectivity index is 1.74. The van der Waals surface area contributed by atoms with Crippen molar-refractivity contribution < 1.29 is 14.4 Å². The lowest BCUT2D eigenvalue weighted by Gasteiger charge is -2.43. The minimum atomic E-state index is -0.739. The van der Waals surface area contributed by atoms with Crippen LogP contribution in [0.2, 0.25) is 0 Å². The molecule has 0 bridgehead atoms. The van der Waals surface area contributed by atoms with Gasteiger partial charge in [-0.25, -0.2) is 9.78 Å². The van der Waals surface area contributed by atoms with E-state index >= 15 is 0 Å². The molecule has 1 aromatic heterocycles. The molecule has 0 aliphatic carbocycles. The van der Waals surface area contributed by atoms with Crippen LogP contribution in [0, 0.1) is 5.92 Å². The van der Waals surface area contributed by atoms with E-state index in [4.69, 9.17) is 0 Å². The summed E-state index contributed by atoms with van der Waals surface area (Å²) in [6.07, 6.45) is 2.74. The number of anilines is 1. The maximum absolute atomic E-state index is 12.5. The highest BCUT2D eigenvalue weighted by molar-refractivity contribution is 6.07. The van der Waals surface area contributed by atoms with E-state index in [1.807, 2.05) is 19.9 Å². The quantitative estimate of drug-likeness (QED) is 0.665. The largest absolute Gasteiger partial charge is 0.356 e. The van der Waals surface area contributed by atoms with E-state index in [1.165, 1.54) is 6.92 Å². The van der Waals surface area contributed by atoms with E-state index < -0.39 is 5.54 Å². The normalized spacial score (nSPS) is 19.7. The van der Waals surface area contributed by atoms with Crippen LogP contribution in [0.1, 0.15) is 44.0 Å². The molecule has 1 spiro atoms. The first-order chi connectivity index (χ1) is 11.8. The lowest BCUT2D eigenvalue weighted by molar-refractivity contribution is -0.127. The summed E-state index contributed by atoms with van der Waals surface area (Å²) in [7, 11) is 0. The molecule has 0 radical (unpaired) electrons. The number of carbonyl (C=O) groups excluding carboxylic acids is 3. The highest BCUT2D eigenvalue weighted by Crippen LogP contribution is 2.35. The van der Waals surface area contributed by atoms with E-state index in [-0.39, 0.29) is 17.7 Å². The Morgan fingerprint density at radius 1 is 1.28 bits per heavy atom. The van der Waals surface area contributed by atoms with Crippen LogP contribution in [0.5, 0.6) is 0 Å². The maximum Gasteiger partial charge on any atom is 0.325 e. The molecule has 0 saturated carbocycles. The van der Waals surface area contributed by atoms with Gasteiger partial charge in [0.2, 0.25) is 0 Å². The summed E-state index contributed by atoms with van der Waals surface area (Å²) in [4.78, 5) is 44.2. The van der Waals surface area contributed by atoms with Crippen LogP contribution >= 0.6 is 0 Å². The van der Waals surface area contributed by atoms with Gasteiger partial charge >= 0.3 is 6.03 Å². The molecule has 3 rings (SSSR count). The van der Waals surface area contributed by atoms with Crippen LogP contribution in [-0.4, -0.2) is 52.8 Å². The van der Waals surface area contributed by atoms with Crippen molar-refractivity contribution in [3.8, 4) is 0 Å². The SMILES string of the molecule is CC(=O)c1ccc(N2CCC3(CC2)C(=O)NC(=O)N3CC(C)C)nc1. The number of carbonyl (C=O) groups is 3. The summed E-state index contributed by atoms with van der Waals surface area (Å²) in [5.74, 6) is 0.895. The van der Waals surface area contributed by atoms with Gasteiger partial charge in [-0.3, -0.25) is 14.9 Å². The van der Waals surface area contributed by atoms with Crippen molar-refractivity contribution in [1.82, 2.24) is 15.2 Å². The Labute approximate surface area is 147 Å². The minimum absolute atomic E-state index is 0.0119. The number of urea groups is 1. The molecule has 0 atom stereocenters. The molecule has 3 heterocycles. The fourth-order valence-electron chi connectivity index (χ4n) is 3.60. The van der Waals surface area contributed by atoms with E-state index in [9.17, 15) is 14.4 Å². The molecule has 3 amide bonds. The van der Waals surface area contributed by atoms with Crippen LogP contribution in [-0.2, 0) is 4.79 Å². The number of hydrogen-bond acceptors (Lipinski definition) is 5. The average Bonchev–Trinajstić information content (AvgIpc) is 2.79. The number of amides is 3. The standard InChI is InChI=1S/C18H24N4O3/c1-12(2)11-22-17(25)20-16(24)18(22)6-8-21(9-7-18)15-5-4-14(10-19-15)13(3)23/h4-5,10,12H,6-9,11H2,1-3H3,(H,20,24,25). The maximum atomic E-state index is 12.5. The van der Waals surface area contributed by atoms with Gasteiger partial charge in [0.25, 0.3) is 5.91 Å². The van der Waals surface area contributed by atoms with Crippen molar-refractivity contribution >= 4 is 23.5 Å². The zero-order valence-corrected chi connectivity index (χ0v) is 14.9. The third-order valence-electron chi connectivity index (χ3n) is 5.02. The zero-order valence-electron chi connectivity index (χ0n) is 14.9. The highest BCUT2D eigenvalue weighted by Gasteiger charge is 2.53. The summed E-state index contributed by atoms with van der Waals surface area (Å²) < 4.78 is 0. The number of hydrogen-bond donors (Lipinski definition) is 1. The fourth-order valence-corrected chi connectivity index (χ4v) is 3.60. The number of nitrogens with zero attached hydrogens (tertiary/aromatic N) is 3. The second-order valence-electron chi connectivity index (χ2n) is 7.24. The zero-order chi connectivity index (χ0) is 18.2. The molecule has 2 fully saturated rings. The second kappa shape index (κ2) is 6.46. The van der Waals surface area contributed by atoms with Crippen molar-refractivity contribution in [2.75, 3.05) is 24.5 Å². The van der Waals surface area contributed by atoms with Crippen LogP contribution in [0.25, 0.3) is 0 Å². The summed E-state index contributed by atoms with van der Waals surface area (Å²) in [6.45, 7) is 7.45. The lowest BCUT2D eigenvalue weighted by Crippen LogP contribution is -2.57. The molecule has 1 aromatic rings. The Morgan fingerprint density at radius 3 is 2.48 bits per heavy atom. The molecule has 7 nitrogen and oxygen atoms in total. The molecule has 2 aliphatic heterocycles. The fraction of sp³-hybridized carbons (Fsp3) is 0.556. The van der Waals surface area contributed by atoms with Crippen LogP contribution in [0.15, 0.2) is 18.3 Å². The molecule has 134 valence electrons. The van der Waals surface area contributed by atoms with Crippen LogP contribution < -0.4 is 10.2 Å². The van der Waals surface area contributed by atoms with Crippen LogP contribution in [0.4, 0.5) is 10.6 Å². The Morgan fingerprint density at radius 2 is 1.96 bits per heavy atom. The molecule has 2 saturated heterocycles. The number of Topliss-reactive ketones (excluding diaryl/α,β-unsaturated/α-hetero) is 1. The first kappa shape index (κ1) is 17.4. The third kappa shape index (κ3) is 3.10. The smallest absolute Gasteiger partial charge is 0.325 e. The topological polar surface area (TPSA) is 82.6 Å². The number of aromatic nitrogens is 1. The first-order valence-corrected chi connectivity index (χ1v) is 8.68. The Bertz CT molecular complexity index is 691. The second-order valence-corrected chi connectivity index (χ2v) is 7.24. The Kier molecular flexibility index (Phi) is 4.49. The molecular formula is C18H24N4O3. The summed E-state index contributed by atoms with van der Waals surface area (Å²) in [6, 6.07) is 3.32. The molecule has 7 heteroatoms. The molecule has 0 aromatic carbocycles. The average molecular weight is 344 g/mol. The van der Waals surface area contributed by atoms with Crippen molar-refractivity contribution in [2.24, 2.45) is 5.92 Å². The molecule has 2 aliphatic rings. The third-order valence-corrected chi connectivity index (χ3v) is 5.02. The van der Waals surface area contributed by atoms with Gasteiger partial charge in [-0.2, -0.15) is 0 Å². The van der Waals surface area contributed by atoms with E-state index in [2.05, 4.69) is 15.2 Å². The molecule has 25 heavy (non-hydrogen) atoms. The van der Waals surface area contributed by atoms with E-state index in [0.717, 1.165) is 5.82 Å². The van der Waals surface area contributed by atoms with Gasteiger partial charge < -0.3 is 9.80 Å². The predicted octanol–water partition coefficient (Wildman–Crippen LogP) is 1.83. The van der Waals surface area contributed by atoms with Crippen molar-refractivity contribution in [1.29, 1.82) is 0 Å². The number of imide groups is 1. The van der Waals surface area contributed by atoms with Gasteiger partial charge in [-0.1, -0.05) is 13.8 Å². The highest BCUT2D eigenvalue weighted by atomic mass is 16.2. The van der Waals surface area contributed by atoms with Gasteiger partial charge in [0.05, 0.1) is 0 Å². The van der Waals surface area contributed by atoms with Crippen molar-refractivity contribution in [2.45, 2.75) is 39.2 Å². The minimum Gasteiger partial charge on any atom is -0.356 e. The van der Waals surface area contributed by atoms with Crippen LogP contribution in [0.3, 0.4) is 0 Å². The number of piperidine rings is 1. The predicted molar refractivity (Wildman–Crippen MR) is 93.5 cm³/mol. The van der Waals surface area contributed by atoms with E-state index in [1.54, 1.807) is 17.2 Å². The number of ketones is 1. The van der Waals surface area contributed by atoms with Gasteiger partial charge in [0, 0.05) is 31.4 Å². The van der Waals surface area contributed by atoms with Crippen molar-refractivity contribution in [3.05, 3.63) is 23.9 Å². The Hall–Kier alpha value is -2.44. The molecule has 0 unspecified atom stereocenters. The lowest BCUT2D eigenvalue weighted by atomic mass is 9.85. The summed E-state index contributed by atoms with van der Waals surface area (Å²) >= 11 is 0. The number of nitrogens with one attached hydrogen (secondary N) is 1. The monoisotopic (exact) mass is 344 g/mol. The first-order valence-electron chi connectivity index (χ1n) is 8.68. The van der Waals surface area contributed by atoms with Gasteiger partial charge in [0.1, 0.15) is 11.4 Å².